The van der Waals surface area contributed by atoms with Crippen molar-refractivity contribution in [2.24, 2.45) is 27.9 Å². The number of carbonyl (C=O) groups excluding carboxylic acids is 3. The highest BCUT2D eigenvalue weighted by atomic mass is 16.4. The number of carboxylic acid groups (broad SMARTS) is 1. The molecule has 0 saturated heterocycles. The van der Waals surface area contributed by atoms with Gasteiger partial charge in [-0.1, -0.05) is 18.6 Å². The van der Waals surface area contributed by atoms with Crippen LogP contribution in [0.15, 0.2) is 29.3 Å². The first-order valence-corrected chi connectivity index (χ1v) is 13.0. The van der Waals surface area contributed by atoms with E-state index in [2.05, 4.69) is 20.9 Å². The van der Waals surface area contributed by atoms with E-state index in [1.165, 1.54) is 31.2 Å². The molecule has 224 valence electrons. The van der Waals surface area contributed by atoms with E-state index in [0.717, 1.165) is 0 Å². The second-order valence-corrected chi connectivity index (χ2v) is 9.40. The van der Waals surface area contributed by atoms with Gasteiger partial charge in [-0.25, -0.2) is 4.79 Å². The van der Waals surface area contributed by atoms with Crippen LogP contribution in [-0.2, 0) is 25.6 Å². The maximum absolute atomic E-state index is 13.1. The molecule has 15 heteroatoms. The Kier molecular flexibility index (Phi) is 15.0. The zero-order valence-corrected chi connectivity index (χ0v) is 22.6. The van der Waals surface area contributed by atoms with E-state index in [1.54, 1.807) is 0 Å². The van der Waals surface area contributed by atoms with Gasteiger partial charge in [-0.3, -0.25) is 19.4 Å². The summed E-state index contributed by atoms with van der Waals surface area (Å²) in [5.74, 6) is -3.82. The lowest BCUT2D eigenvalue weighted by molar-refractivity contribution is -0.142. The predicted octanol–water partition coefficient (Wildman–Crippen LogP) is -2.64. The number of phenolic OH excluding ortho intramolecular Hbond substituents is 1. The highest BCUT2D eigenvalue weighted by Crippen LogP contribution is 2.12. The van der Waals surface area contributed by atoms with Crippen molar-refractivity contribution in [2.45, 2.75) is 75.7 Å². The lowest BCUT2D eigenvalue weighted by Gasteiger charge is -2.26. The van der Waals surface area contributed by atoms with Crippen molar-refractivity contribution in [1.29, 1.82) is 0 Å². The third-order valence-electron chi connectivity index (χ3n) is 5.94. The van der Waals surface area contributed by atoms with Crippen LogP contribution < -0.4 is 38.9 Å². The smallest absolute Gasteiger partial charge is 0.326 e. The zero-order valence-electron chi connectivity index (χ0n) is 22.6. The molecule has 3 amide bonds. The maximum Gasteiger partial charge on any atom is 0.326 e. The molecule has 0 fully saturated rings. The molecular weight excluding hydrogens is 524 g/mol. The molecule has 15 nitrogen and oxygen atoms in total. The molecular formula is C25H42N8O7. The van der Waals surface area contributed by atoms with Crippen molar-refractivity contribution in [2.75, 3.05) is 13.1 Å². The van der Waals surface area contributed by atoms with Crippen LogP contribution in [0.4, 0.5) is 0 Å². The number of carboxylic acids is 1. The normalized spacial score (nSPS) is 14.6. The number of phenols is 1. The van der Waals surface area contributed by atoms with Crippen molar-refractivity contribution in [1.82, 2.24) is 16.0 Å². The van der Waals surface area contributed by atoms with Crippen LogP contribution in [-0.4, -0.2) is 88.3 Å². The van der Waals surface area contributed by atoms with Gasteiger partial charge in [0.25, 0.3) is 0 Å². The van der Waals surface area contributed by atoms with Crippen molar-refractivity contribution in [3.8, 4) is 5.75 Å². The number of carbonyl (C=O) groups is 4. The highest BCUT2D eigenvalue weighted by molar-refractivity contribution is 5.94. The van der Waals surface area contributed by atoms with Crippen molar-refractivity contribution in [3.05, 3.63) is 29.8 Å². The quantitative estimate of drug-likeness (QED) is 0.0498. The van der Waals surface area contributed by atoms with Gasteiger partial charge in [0, 0.05) is 13.0 Å². The number of aliphatic hydroxyl groups is 1. The number of hydrogen-bond donors (Lipinski definition) is 10. The number of nitrogens with zero attached hydrogens (tertiary/aromatic N) is 1. The van der Waals surface area contributed by atoms with Crippen LogP contribution in [0.1, 0.15) is 44.6 Å². The van der Waals surface area contributed by atoms with Gasteiger partial charge in [0.1, 0.15) is 23.9 Å². The van der Waals surface area contributed by atoms with Crippen molar-refractivity contribution >= 4 is 29.7 Å². The summed E-state index contributed by atoms with van der Waals surface area (Å²) in [6, 6.07) is 0.830. The third kappa shape index (κ3) is 12.7. The van der Waals surface area contributed by atoms with Crippen LogP contribution in [0.3, 0.4) is 0 Å². The summed E-state index contributed by atoms with van der Waals surface area (Å²) in [5, 5.41) is 36.6. The number of rotatable bonds is 18. The van der Waals surface area contributed by atoms with Gasteiger partial charge in [-0.05, 0) is 56.8 Å². The Morgan fingerprint density at radius 3 is 2.08 bits per heavy atom. The number of hydrogen-bond acceptors (Lipinski definition) is 9. The highest BCUT2D eigenvalue weighted by Gasteiger charge is 2.32. The van der Waals surface area contributed by atoms with Gasteiger partial charge in [0.05, 0.1) is 12.1 Å². The van der Waals surface area contributed by atoms with Crippen LogP contribution in [0.2, 0.25) is 0 Å². The fourth-order valence-electron chi connectivity index (χ4n) is 3.68. The lowest BCUT2D eigenvalue weighted by Crippen LogP contribution is -2.59. The molecule has 0 aromatic heterocycles. The second-order valence-electron chi connectivity index (χ2n) is 9.40. The van der Waals surface area contributed by atoms with E-state index in [9.17, 15) is 34.5 Å². The van der Waals surface area contributed by atoms with Crippen LogP contribution in [0.5, 0.6) is 5.75 Å². The Bertz CT molecular complexity index is 999. The lowest BCUT2D eigenvalue weighted by atomic mass is 10.0. The molecule has 1 aromatic carbocycles. The second kappa shape index (κ2) is 17.6. The van der Waals surface area contributed by atoms with E-state index in [-0.39, 0.29) is 37.5 Å². The molecule has 1 aromatic rings. The number of aliphatic carboxylic acids is 1. The Hall–Kier alpha value is -3.95. The molecule has 0 heterocycles. The number of aromatic hydroxyl groups is 1. The van der Waals surface area contributed by atoms with Gasteiger partial charge in [-0.2, -0.15) is 0 Å². The summed E-state index contributed by atoms with van der Waals surface area (Å²) >= 11 is 0. The molecule has 40 heavy (non-hydrogen) atoms. The average molecular weight is 567 g/mol. The number of aliphatic imine (C=N–C) groups is 1. The topological polar surface area (TPSA) is 282 Å². The van der Waals surface area contributed by atoms with Gasteiger partial charge in [0.15, 0.2) is 5.96 Å². The van der Waals surface area contributed by atoms with Gasteiger partial charge < -0.3 is 54.2 Å². The number of nitrogens with one attached hydrogen (secondary N) is 3. The fraction of sp³-hybridized carbons (Fsp3) is 0.560. The first-order valence-electron chi connectivity index (χ1n) is 13.0. The Morgan fingerprint density at radius 2 is 1.52 bits per heavy atom. The summed E-state index contributed by atoms with van der Waals surface area (Å²) in [7, 11) is 0. The Morgan fingerprint density at radius 1 is 0.900 bits per heavy atom. The number of unbranched alkanes of at least 4 members (excludes halogenated alkanes) is 1. The molecule has 0 aliphatic heterocycles. The average Bonchev–Trinajstić information content (AvgIpc) is 2.89. The van der Waals surface area contributed by atoms with Gasteiger partial charge >= 0.3 is 5.97 Å². The molecule has 5 unspecified atom stereocenters. The number of guanidine groups is 1. The van der Waals surface area contributed by atoms with E-state index < -0.39 is 54.0 Å². The molecule has 14 N–H and O–H groups in total. The largest absolute Gasteiger partial charge is 0.508 e. The van der Waals surface area contributed by atoms with E-state index in [0.29, 0.717) is 31.4 Å². The number of amides is 3. The molecule has 0 saturated carbocycles. The minimum atomic E-state index is -1.44. The van der Waals surface area contributed by atoms with Crippen LogP contribution >= 0.6 is 0 Å². The minimum absolute atomic E-state index is 0.000477. The standard InChI is InChI=1S/C25H42N8O7/c1-14(34)20(33-21(36)17(27)5-2-3-11-26)23(38)31-18(6-4-12-30-25(28)29)22(37)32-19(24(39)40)13-15-7-9-16(35)10-8-15/h7-10,14,17-20,34-35H,2-6,11-13,26-27H2,1H3,(H,31,38)(H,32,37)(H,33,36)(H,39,40)(H4,28,29,30). The van der Waals surface area contributed by atoms with E-state index in [4.69, 9.17) is 22.9 Å². The Balaban J connectivity index is 3.02. The van der Waals surface area contributed by atoms with Crippen molar-refractivity contribution < 1.29 is 34.5 Å². The van der Waals surface area contributed by atoms with Gasteiger partial charge in [-0.15, -0.1) is 0 Å². The van der Waals surface area contributed by atoms with E-state index >= 15 is 0 Å². The fourth-order valence-corrected chi connectivity index (χ4v) is 3.68. The molecule has 0 aliphatic carbocycles. The maximum atomic E-state index is 13.1. The first-order chi connectivity index (χ1) is 18.8. The molecule has 5 atom stereocenters. The van der Waals surface area contributed by atoms with Crippen LogP contribution in [0.25, 0.3) is 0 Å². The number of nitrogens with two attached hydrogens (primary N) is 4. The predicted molar refractivity (Wildman–Crippen MR) is 148 cm³/mol. The summed E-state index contributed by atoms with van der Waals surface area (Å²) < 4.78 is 0. The molecule has 1 rings (SSSR count). The number of benzene rings is 1. The molecule has 0 aliphatic rings. The minimum Gasteiger partial charge on any atom is -0.508 e. The summed E-state index contributed by atoms with van der Waals surface area (Å²) in [6.07, 6.45) is 0.412. The first kappa shape index (κ1) is 34.1. The van der Waals surface area contributed by atoms with Crippen LogP contribution in [0, 0.1) is 0 Å². The summed E-state index contributed by atoms with van der Waals surface area (Å²) in [5.41, 5.74) is 22.5. The zero-order chi connectivity index (χ0) is 30.2. The number of aliphatic hydroxyl groups excluding tert-OH is 1. The van der Waals surface area contributed by atoms with Gasteiger partial charge in [0.2, 0.25) is 17.7 Å². The summed E-state index contributed by atoms with van der Waals surface area (Å²) in [6.45, 7) is 1.86. The Labute approximate surface area is 232 Å². The van der Waals surface area contributed by atoms with E-state index in [1.807, 2.05) is 0 Å². The summed E-state index contributed by atoms with van der Waals surface area (Å²) in [4.78, 5) is 54.4. The molecule has 0 radical (unpaired) electrons. The molecule has 0 spiro atoms. The monoisotopic (exact) mass is 566 g/mol. The third-order valence-corrected chi connectivity index (χ3v) is 5.94. The van der Waals surface area contributed by atoms with Crippen molar-refractivity contribution in [3.63, 3.8) is 0 Å². The molecule has 0 bridgehead atoms. The SMILES string of the molecule is CC(O)C(NC(=O)C(N)CCCCN)C(=O)NC(CCCN=C(N)N)C(=O)NC(Cc1ccc(O)cc1)C(=O)O.